The smallest absolute Gasteiger partial charge is 0.303 e. The Hall–Kier alpha value is -0.570. The van der Waals surface area contributed by atoms with E-state index in [9.17, 15) is 4.79 Å². The van der Waals surface area contributed by atoms with Gasteiger partial charge in [0.1, 0.15) is 0 Å². The summed E-state index contributed by atoms with van der Waals surface area (Å²) in [5.41, 5.74) is 0.107. The Labute approximate surface area is 86.1 Å². The number of nitrogens with zero attached hydrogens (tertiary/aromatic N) is 1. The van der Waals surface area contributed by atoms with Crippen molar-refractivity contribution in [3.8, 4) is 0 Å². The number of carbonyl (C=O) groups is 1. The summed E-state index contributed by atoms with van der Waals surface area (Å²) in [7, 11) is 2.09. The van der Waals surface area contributed by atoms with Crippen LogP contribution in [0.15, 0.2) is 0 Å². The van der Waals surface area contributed by atoms with Crippen LogP contribution >= 0.6 is 0 Å². The second-order valence-corrected chi connectivity index (χ2v) is 5.16. The van der Waals surface area contributed by atoms with Crippen molar-refractivity contribution in [2.24, 2.45) is 11.3 Å². The van der Waals surface area contributed by atoms with Crippen LogP contribution in [0.2, 0.25) is 0 Å². The Morgan fingerprint density at radius 2 is 2.07 bits per heavy atom. The normalized spacial score (nSPS) is 18.9. The molecule has 0 unspecified atom stereocenters. The lowest BCUT2D eigenvalue weighted by atomic mass is 10.0. The molecule has 0 radical (unpaired) electrons. The molecule has 1 aliphatic carbocycles. The zero-order chi connectivity index (χ0) is 10.8. The number of rotatable bonds is 6. The van der Waals surface area contributed by atoms with Crippen molar-refractivity contribution < 1.29 is 9.90 Å². The van der Waals surface area contributed by atoms with E-state index in [2.05, 4.69) is 25.8 Å². The van der Waals surface area contributed by atoms with Crippen molar-refractivity contribution in [1.29, 1.82) is 0 Å². The molecule has 0 aromatic rings. The van der Waals surface area contributed by atoms with Gasteiger partial charge in [-0.3, -0.25) is 4.79 Å². The van der Waals surface area contributed by atoms with Crippen LogP contribution in [0.1, 0.15) is 33.1 Å². The van der Waals surface area contributed by atoms with Crippen LogP contribution in [0.5, 0.6) is 0 Å². The summed E-state index contributed by atoms with van der Waals surface area (Å²) in [5.74, 6) is 0.000995. The molecule has 3 nitrogen and oxygen atoms in total. The largest absolute Gasteiger partial charge is 0.481 e. The molecule has 0 spiro atoms. The van der Waals surface area contributed by atoms with Crippen molar-refractivity contribution in [3.63, 3.8) is 0 Å². The van der Waals surface area contributed by atoms with Crippen LogP contribution < -0.4 is 0 Å². The van der Waals surface area contributed by atoms with Gasteiger partial charge in [-0.2, -0.15) is 0 Å². The van der Waals surface area contributed by atoms with Crippen LogP contribution in [0, 0.1) is 11.3 Å². The fourth-order valence-corrected chi connectivity index (χ4v) is 2.15. The number of carboxylic acid groups (broad SMARTS) is 1. The Morgan fingerprint density at radius 1 is 1.50 bits per heavy atom. The molecular formula is C11H21NO2. The molecule has 0 heterocycles. The summed E-state index contributed by atoms with van der Waals surface area (Å²) >= 11 is 0. The highest BCUT2D eigenvalue weighted by atomic mass is 16.4. The van der Waals surface area contributed by atoms with Gasteiger partial charge in [0, 0.05) is 13.1 Å². The van der Waals surface area contributed by atoms with Crippen molar-refractivity contribution in [3.05, 3.63) is 0 Å². The molecule has 0 aliphatic heterocycles. The summed E-state index contributed by atoms with van der Waals surface area (Å²) < 4.78 is 0. The highest BCUT2D eigenvalue weighted by Crippen LogP contribution is 2.49. The maximum Gasteiger partial charge on any atom is 0.303 e. The summed E-state index contributed by atoms with van der Waals surface area (Å²) in [6.07, 6.45) is 2.51. The molecule has 0 saturated heterocycles. The molecular weight excluding hydrogens is 178 g/mol. The number of carboxylic acids is 1. The molecule has 14 heavy (non-hydrogen) atoms. The van der Waals surface area contributed by atoms with E-state index in [1.54, 1.807) is 0 Å². The van der Waals surface area contributed by atoms with Crippen molar-refractivity contribution >= 4 is 5.97 Å². The van der Waals surface area contributed by atoms with E-state index >= 15 is 0 Å². The molecule has 0 aromatic carbocycles. The monoisotopic (exact) mass is 199 g/mol. The van der Waals surface area contributed by atoms with Crippen LogP contribution in [-0.2, 0) is 4.79 Å². The van der Waals surface area contributed by atoms with Gasteiger partial charge in [0.25, 0.3) is 0 Å². The fraction of sp³-hybridized carbons (Fsp3) is 0.909. The Kier molecular flexibility index (Phi) is 3.53. The van der Waals surface area contributed by atoms with Gasteiger partial charge in [-0.05, 0) is 31.2 Å². The zero-order valence-corrected chi connectivity index (χ0v) is 9.42. The summed E-state index contributed by atoms with van der Waals surface area (Å²) in [6, 6.07) is 0. The van der Waals surface area contributed by atoms with Crippen molar-refractivity contribution in [1.82, 2.24) is 4.90 Å². The second kappa shape index (κ2) is 4.30. The Bertz CT molecular complexity index is 209. The third-order valence-electron chi connectivity index (χ3n) is 2.77. The van der Waals surface area contributed by atoms with Gasteiger partial charge in [0.15, 0.2) is 0 Å². The highest BCUT2D eigenvalue weighted by Gasteiger charge is 2.44. The molecule has 0 bridgehead atoms. The minimum absolute atomic E-state index is 0.107. The SMILES string of the molecule is CC(C)CN(C)CC1(CC(=O)O)CC1. The van der Waals surface area contributed by atoms with E-state index in [-0.39, 0.29) is 5.41 Å². The molecule has 1 saturated carbocycles. The van der Waals surface area contributed by atoms with E-state index in [1.807, 2.05) is 0 Å². The molecule has 1 fully saturated rings. The lowest BCUT2D eigenvalue weighted by Crippen LogP contribution is -2.31. The number of aliphatic carboxylic acids is 1. The zero-order valence-electron chi connectivity index (χ0n) is 9.42. The molecule has 0 aromatic heterocycles. The molecule has 1 aliphatic rings. The van der Waals surface area contributed by atoms with Crippen molar-refractivity contribution in [2.75, 3.05) is 20.1 Å². The summed E-state index contributed by atoms with van der Waals surface area (Å²) in [4.78, 5) is 12.9. The topological polar surface area (TPSA) is 40.5 Å². The first kappa shape index (κ1) is 11.5. The first-order chi connectivity index (χ1) is 6.43. The van der Waals surface area contributed by atoms with Crippen molar-refractivity contribution in [2.45, 2.75) is 33.1 Å². The van der Waals surface area contributed by atoms with Gasteiger partial charge in [0.05, 0.1) is 6.42 Å². The van der Waals surface area contributed by atoms with E-state index in [4.69, 9.17) is 5.11 Å². The summed E-state index contributed by atoms with van der Waals surface area (Å²) in [5, 5.41) is 8.77. The second-order valence-electron chi connectivity index (χ2n) is 5.16. The quantitative estimate of drug-likeness (QED) is 0.709. The Morgan fingerprint density at radius 3 is 2.43 bits per heavy atom. The molecule has 82 valence electrons. The molecule has 0 amide bonds. The Balaban J connectivity index is 2.32. The lowest BCUT2D eigenvalue weighted by molar-refractivity contribution is -0.138. The first-order valence-corrected chi connectivity index (χ1v) is 5.34. The van der Waals surface area contributed by atoms with Crippen LogP contribution in [0.4, 0.5) is 0 Å². The minimum Gasteiger partial charge on any atom is -0.481 e. The average molecular weight is 199 g/mol. The molecule has 0 atom stereocenters. The van der Waals surface area contributed by atoms with Gasteiger partial charge in [-0.25, -0.2) is 0 Å². The van der Waals surface area contributed by atoms with E-state index < -0.39 is 5.97 Å². The third kappa shape index (κ3) is 3.66. The van der Waals surface area contributed by atoms with Gasteiger partial charge in [-0.1, -0.05) is 13.8 Å². The summed E-state index contributed by atoms with van der Waals surface area (Å²) in [6.45, 7) is 6.37. The maximum absolute atomic E-state index is 10.6. The van der Waals surface area contributed by atoms with E-state index in [0.29, 0.717) is 12.3 Å². The van der Waals surface area contributed by atoms with Gasteiger partial charge < -0.3 is 10.0 Å². The molecule has 3 heteroatoms. The van der Waals surface area contributed by atoms with E-state index in [1.165, 1.54) is 0 Å². The predicted molar refractivity (Wildman–Crippen MR) is 56.3 cm³/mol. The van der Waals surface area contributed by atoms with Gasteiger partial charge in [-0.15, -0.1) is 0 Å². The van der Waals surface area contributed by atoms with Gasteiger partial charge in [0.2, 0.25) is 0 Å². The number of hydrogen-bond donors (Lipinski definition) is 1. The highest BCUT2D eigenvalue weighted by molar-refractivity contribution is 5.68. The maximum atomic E-state index is 10.6. The number of hydrogen-bond acceptors (Lipinski definition) is 2. The van der Waals surface area contributed by atoms with Crippen LogP contribution in [-0.4, -0.2) is 36.1 Å². The average Bonchev–Trinajstić information content (AvgIpc) is 2.63. The first-order valence-electron chi connectivity index (χ1n) is 5.34. The third-order valence-corrected chi connectivity index (χ3v) is 2.77. The van der Waals surface area contributed by atoms with Crippen LogP contribution in [0.3, 0.4) is 0 Å². The fourth-order valence-electron chi connectivity index (χ4n) is 2.15. The lowest BCUT2D eigenvalue weighted by Gasteiger charge is -2.24. The predicted octanol–water partition coefficient (Wildman–Crippen LogP) is 1.83. The van der Waals surface area contributed by atoms with Crippen LogP contribution in [0.25, 0.3) is 0 Å². The standard InChI is InChI=1S/C11H21NO2/c1-9(2)7-12(3)8-11(4-5-11)6-10(13)14/h9H,4-8H2,1-3H3,(H,13,14). The van der Waals surface area contributed by atoms with Gasteiger partial charge >= 0.3 is 5.97 Å². The molecule has 1 rings (SSSR count). The molecule has 1 N–H and O–H groups in total. The van der Waals surface area contributed by atoms with E-state index in [0.717, 1.165) is 25.9 Å². The minimum atomic E-state index is -0.652.